The summed E-state index contributed by atoms with van der Waals surface area (Å²) in [5.74, 6) is 0. The standard InChI is InChI=1S/C10H13N/c1-9-6-4-3-5-7-11-10(2)8-9/h3-4,6-8H,5H2,1-2H3/b4-3-,9-6+,10-8-,11-7?. The normalized spacial score (nSPS) is 30.4. The molecule has 1 aliphatic rings. The van der Waals surface area contributed by atoms with E-state index >= 15 is 0 Å². The lowest BCUT2D eigenvalue weighted by Gasteiger charge is -1.90. The average Bonchev–Trinajstić information content (AvgIpc) is 2.02. The van der Waals surface area contributed by atoms with Crippen LogP contribution in [0.1, 0.15) is 20.3 Å². The summed E-state index contributed by atoms with van der Waals surface area (Å²) in [5, 5.41) is 0. The first-order chi connectivity index (χ1) is 5.29. The molecule has 0 saturated heterocycles. The van der Waals surface area contributed by atoms with Crippen LogP contribution in [0.3, 0.4) is 0 Å². The topological polar surface area (TPSA) is 12.4 Å². The highest BCUT2D eigenvalue weighted by atomic mass is 14.7. The second-order valence-electron chi connectivity index (χ2n) is 2.67. The van der Waals surface area contributed by atoms with Crippen LogP contribution in [0.25, 0.3) is 0 Å². The lowest BCUT2D eigenvalue weighted by Crippen LogP contribution is -1.73. The monoisotopic (exact) mass is 147 g/mol. The molecule has 1 aliphatic heterocycles. The van der Waals surface area contributed by atoms with Crippen LogP contribution in [0.2, 0.25) is 0 Å². The third-order valence-corrected chi connectivity index (χ3v) is 1.47. The number of allylic oxidation sites excluding steroid dienone is 6. The summed E-state index contributed by atoms with van der Waals surface area (Å²) in [6, 6.07) is 0. The van der Waals surface area contributed by atoms with Crippen molar-refractivity contribution in [2.45, 2.75) is 20.3 Å². The molecule has 0 aromatic heterocycles. The highest BCUT2D eigenvalue weighted by Gasteiger charge is 1.86. The Morgan fingerprint density at radius 2 is 2.18 bits per heavy atom. The maximum atomic E-state index is 4.24. The zero-order valence-corrected chi connectivity index (χ0v) is 7.04. The third-order valence-electron chi connectivity index (χ3n) is 1.47. The molecule has 1 nitrogen and oxygen atoms in total. The van der Waals surface area contributed by atoms with E-state index in [4.69, 9.17) is 0 Å². The molecule has 11 heavy (non-hydrogen) atoms. The van der Waals surface area contributed by atoms with Gasteiger partial charge in [-0.2, -0.15) is 0 Å². The lowest BCUT2D eigenvalue weighted by molar-refractivity contribution is 1.28. The number of hydrogen-bond donors (Lipinski definition) is 0. The van der Waals surface area contributed by atoms with Gasteiger partial charge in [-0.3, -0.25) is 4.99 Å². The summed E-state index contributed by atoms with van der Waals surface area (Å²) in [6.07, 6.45) is 11.2. The summed E-state index contributed by atoms with van der Waals surface area (Å²) in [6.45, 7) is 4.09. The molecule has 0 fully saturated rings. The molecule has 1 heteroatoms. The second-order valence-corrected chi connectivity index (χ2v) is 2.67. The first-order valence-corrected chi connectivity index (χ1v) is 3.83. The Hall–Kier alpha value is -1.11. The van der Waals surface area contributed by atoms with Crippen LogP contribution < -0.4 is 0 Å². The Balaban J connectivity index is 2.86. The first-order valence-electron chi connectivity index (χ1n) is 3.83. The van der Waals surface area contributed by atoms with E-state index < -0.39 is 0 Å². The molecular weight excluding hydrogens is 134 g/mol. The molecule has 0 amide bonds. The van der Waals surface area contributed by atoms with Crippen molar-refractivity contribution in [1.29, 1.82) is 0 Å². The van der Waals surface area contributed by atoms with Crippen LogP contribution in [-0.4, -0.2) is 6.21 Å². The second kappa shape index (κ2) is 3.91. The fraction of sp³-hybridized carbons (Fsp3) is 0.300. The molecule has 0 aromatic rings. The van der Waals surface area contributed by atoms with Crippen molar-refractivity contribution in [1.82, 2.24) is 0 Å². The van der Waals surface area contributed by atoms with E-state index in [1.165, 1.54) is 5.57 Å². The Kier molecular flexibility index (Phi) is 2.84. The van der Waals surface area contributed by atoms with E-state index in [0.717, 1.165) is 12.1 Å². The fourth-order valence-electron chi connectivity index (χ4n) is 0.971. The average molecular weight is 147 g/mol. The Bertz CT molecular complexity index is 242. The van der Waals surface area contributed by atoms with Gasteiger partial charge in [0.15, 0.2) is 0 Å². The summed E-state index contributed by atoms with van der Waals surface area (Å²) in [5.41, 5.74) is 2.32. The Morgan fingerprint density at radius 3 is 3.00 bits per heavy atom. The minimum atomic E-state index is 0.926. The highest BCUT2D eigenvalue weighted by Crippen LogP contribution is 2.04. The summed E-state index contributed by atoms with van der Waals surface area (Å²) < 4.78 is 0. The van der Waals surface area contributed by atoms with Gasteiger partial charge in [-0.1, -0.05) is 18.2 Å². The summed E-state index contributed by atoms with van der Waals surface area (Å²) in [4.78, 5) is 4.24. The van der Waals surface area contributed by atoms with Crippen LogP contribution in [-0.2, 0) is 0 Å². The van der Waals surface area contributed by atoms with E-state index in [1.54, 1.807) is 0 Å². The van der Waals surface area contributed by atoms with Gasteiger partial charge in [-0.25, -0.2) is 0 Å². The van der Waals surface area contributed by atoms with E-state index in [2.05, 4.69) is 36.2 Å². The molecule has 0 aromatic carbocycles. The van der Waals surface area contributed by atoms with Gasteiger partial charge in [0.1, 0.15) is 0 Å². The van der Waals surface area contributed by atoms with Gasteiger partial charge in [0, 0.05) is 18.3 Å². The molecule has 0 atom stereocenters. The van der Waals surface area contributed by atoms with Crippen molar-refractivity contribution in [3.63, 3.8) is 0 Å². The predicted octanol–water partition coefficient (Wildman–Crippen LogP) is 2.87. The van der Waals surface area contributed by atoms with Crippen molar-refractivity contribution in [2.75, 3.05) is 0 Å². The smallest absolute Gasteiger partial charge is 0.0371 e. The fourth-order valence-corrected chi connectivity index (χ4v) is 0.971. The Labute approximate surface area is 67.8 Å². The predicted molar refractivity (Wildman–Crippen MR) is 49.8 cm³/mol. The van der Waals surface area contributed by atoms with Crippen LogP contribution in [0.5, 0.6) is 0 Å². The Morgan fingerprint density at radius 1 is 1.36 bits per heavy atom. The van der Waals surface area contributed by atoms with Crippen LogP contribution >= 0.6 is 0 Å². The molecule has 0 radical (unpaired) electrons. The van der Waals surface area contributed by atoms with Gasteiger partial charge in [0.05, 0.1) is 0 Å². The van der Waals surface area contributed by atoms with E-state index in [-0.39, 0.29) is 0 Å². The van der Waals surface area contributed by atoms with E-state index in [0.29, 0.717) is 0 Å². The molecule has 0 unspecified atom stereocenters. The van der Waals surface area contributed by atoms with Crippen LogP contribution in [0.15, 0.2) is 40.6 Å². The van der Waals surface area contributed by atoms with E-state index in [9.17, 15) is 0 Å². The van der Waals surface area contributed by atoms with Crippen molar-refractivity contribution >= 4 is 6.21 Å². The molecule has 0 saturated carbocycles. The maximum absolute atomic E-state index is 4.24. The maximum Gasteiger partial charge on any atom is 0.0371 e. The van der Waals surface area contributed by atoms with Crippen molar-refractivity contribution in [3.05, 3.63) is 35.6 Å². The third kappa shape index (κ3) is 2.99. The van der Waals surface area contributed by atoms with Crippen LogP contribution in [0, 0.1) is 0 Å². The quantitative estimate of drug-likeness (QED) is 0.499. The van der Waals surface area contributed by atoms with Crippen molar-refractivity contribution in [3.8, 4) is 0 Å². The molecule has 58 valence electrons. The largest absolute Gasteiger partial charge is 0.266 e. The van der Waals surface area contributed by atoms with Gasteiger partial charge in [-0.05, 0) is 25.5 Å². The van der Waals surface area contributed by atoms with Gasteiger partial charge >= 0.3 is 0 Å². The number of nitrogens with zero attached hydrogens (tertiary/aromatic N) is 1. The zero-order valence-electron chi connectivity index (χ0n) is 7.04. The molecular formula is C10H13N. The summed E-state index contributed by atoms with van der Waals surface area (Å²) >= 11 is 0. The summed E-state index contributed by atoms with van der Waals surface area (Å²) in [7, 11) is 0. The number of rotatable bonds is 0. The first kappa shape index (κ1) is 7.99. The van der Waals surface area contributed by atoms with Crippen molar-refractivity contribution in [2.24, 2.45) is 4.99 Å². The van der Waals surface area contributed by atoms with Crippen LogP contribution in [0.4, 0.5) is 0 Å². The highest BCUT2D eigenvalue weighted by molar-refractivity contribution is 5.61. The molecule has 0 aliphatic carbocycles. The minimum Gasteiger partial charge on any atom is -0.266 e. The number of hydrogen-bond acceptors (Lipinski definition) is 1. The van der Waals surface area contributed by atoms with Gasteiger partial charge in [-0.15, -0.1) is 0 Å². The molecule has 0 bridgehead atoms. The zero-order chi connectivity index (χ0) is 8.10. The number of aliphatic imine (C=N–C) groups is 1. The SMILES string of the molecule is C/C1=C/C(C)=C/C=C\CC=N1. The van der Waals surface area contributed by atoms with Crippen molar-refractivity contribution < 1.29 is 0 Å². The van der Waals surface area contributed by atoms with E-state index in [1.807, 2.05) is 13.1 Å². The molecule has 0 spiro atoms. The molecule has 0 N–H and O–H groups in total. The lowest BCUT2D eigenvalue weighted by atomic mass is 10.2. The van der Waals surface area contributed by atoms with Gasteiger partial charge in [0.2, 0.25) is 0 Å². The van der Waals surface area contributed by atoms with Gasteiger partial charge < -0.3 is 0 Å². The minimum absolute atomic E-state index is 0.926. The van der Waals surface area contributed by atoms with Gasteiger partial charge in [0.25, 0.3) is 0 Å². The molecule has 1 heterocycles. The molecule has 1 rings (SSSR count).